The number of carbonyl (C=O) groups is 2. The second-order valence-corrected chi connectivity index (χ2v) is 10.9. The fourth-order valence-electron chi connectivity index (χ4n) is 6.71. The van der Waals surface area contributed by atoms with Crippen LogP contribution in [0, 0.1) is 12.7 Å². The lowest BCUT2D eigenvalue weighted by Gasteiger charge is -2.32. The maximum absolute atomic E-state index is 15.7. The van der Waals surface area contributed by atoms with Crippen molar-refractivity contribution in [2.45, 2.75) is 44.2 Å². The van der Waals surface area contributed by atoms with Crippen LogP contribution in [0.3, 0.4) is 0 Å². The number of carbonyl (C=O) groups excluding carboxylic acids is 2. The van der Waals surface area contributed by atoms with Gasteiger partial charge in [0.25, 0.3) is 0 Å². The number of hydrogen-bond donors (Lipinski definition) is 2. The smallest absolute Gasteiger partial charge is 0.338 e. The maximum Gasteiger partial charge on any atom is 0.338 e. The van der Waals surface area contributed by atoms with Gasteiger partial charge in [-0.2, -0.15) is 0 Å². The average Bonchev–Trinajstić information content (AvgIpc) is 3.58. The van der Waals surface area contributed by atoms with E-state index in [0.29, 0.717) is 39.5 Å². The highest BCUT2D eigenvalue weighted by Crippen LogP contribution is 2.60. The van der Waals surface area contributed by atoms with E-state index in [2.05, 4.69) is 10.6 Å². The minimum absolute atomic E-state index is 0. The van der Waals surface area contributed by atoms with Gasteiger partial charge in [-0.15, -0.1) is 0 Å². The summed E-state index contributed by atoms with van der Waals surface area (Å²) in [6.45, 7) is 1.84. The van der Waals surface area contributed by atoms with E-state index in [9.17, 15) is 9.59 Å². The Morgan fingerprint density at radius 1 is 1.23 bits per heavy atom. The second-order valence-electron chi connectivity index (χ2n) is 10.1. The molecular formula is C29H25Cl2FN4O3. The molecule has 0 bridgehead atoms. The van der Waals surface area contributed by atoms with Gasteiger partial charge < -0.3 is 14.5 Å². The minimum atomic E-state index is -1.25. The summed E-state index contributed by atoms with van der Waals surface area (Å²) in [6.07, 6.45) is 2.44. The van der Waals surface area contributed by atoms with Gasteiger partial charge >= 0.3 is 5.97 Å². The number of nitrogens with zero attached hydrogens (tertiary/aromatic N) is 2. The third kappa shape index (κ3) is 3.35. The highest BCUT2D eigenvalue weighted by Gasteiger charge is 2.65. The number of amides is 1. The Hall–Kier alpha value is -3.46. The van der Waals surface area contributed by atoms with Gasteiger partial charge in [0.1, 0.15) is 17.0 Å². The fraction of sp³-hybridized carbons (Fsp3) is 0.276. The van der Waals surface area contributed by atoms with E-state index in [1.54, 1.807) is 30.3 Å². The number of fused-ring (bicyclic) bond motifs is 7. The zero-order valence-electron chi connectivity index (χ0n) is 20.3. The Morgan fingerprint density at radius 2 is 2.03 bits per heavy atom. The van der Waals surface area contributed by atoms with Crippen LogP contribution in [0.15, 0.2) is 48.7 Å². The van der Waals surface area contributed by atoms with Gasteiger partial charge in [0.2, 0.25) is 5.91 Å². The van der Waals surface area contributed by atoms with Crippen LogP contribution >= 0.6 is 23.2 Å². The summed E-state index contributed by atoms with van der Waals surface area (Å²) < 4.78 is 22.6. The van der Waals surface area contributed by atoms with Crippen molar-refractivity contribution in [3.63, 3.8) is 0 Å². The number of halogens is 3. The molecule has 1 aliphatic carbocycles. The number of imidazole rings is 1. The summed E-state index contributed by atoms with van der Waals surface area (Å²) in [5.41, 5.74) is 3.89. The summed E-state index contributed by atoms with van der Waals surface area (Å²) in [7, 11) is 1.34. The van der Waals surface area contributed by atoms with Gasteiger partial charge in [-0.1, -0.05) is 48.8 Å². The summed E-state index contributed by atoms with van der Waals surface area (Å²) in [4.78, 5) is 31.1. The number of nitrogens with one attached hydrogen (secondary N) is 2. The Morgan fingerprint density at radius 3 is 2.79 bits per heavy atom. The van der Waals surface area contributed by atoms with Crippen LogP contribution in [0.1, 0.15) is 57.7 Å². The molecule has 39 heavy (non-hydrogen) atoms. The summed E-state index contributed by atoms with van der Waals surface area (Å²) in [6, 6.07) is 11.7. The maximum atomic E-state index is 15.7. The molecule has 1 saturated heterocycles. The number of pyridine rings is 1. The molecule has 2 aliphatic heterocycles. The number of esters is 1. The zero-order valence-corrected chi connectivity index (χ0v) is 21.8. The number of benzene rings is 2. The van der Waals surface area contributed by atoms with Gasteiger partial charge in [0, 0.05) is 52.5 Å². The molecule has 7 nitrogen and oxygen atoms in total. The first kappa shape index (κ1) is 25.8. The lowest BCUT2D eigenvalue weighted by molar-refractivity contribution is -0.122. The topological polar surface area (TPSA) is 84.7 Å². The lowest BCUT2D eigenvalue weighted by Crippen LogP contribution is -2.49. The third-order valence-electron chi connectivity index (χ3n) is 8.23. The van der Waals surface area contributed by atoms with Crippen LogP contribution in [-0.4, -0.2) is 34.4 Å². The highest BCUT2D eigenvalue weighted by molar-refractivity contribution is 6.31. The quantitative estimate of drug-likeness (QED) is 0.301. The van der Waals surface area contributed by atoms with Crippen LogP contribution in [0.4, 0.5) is 10.1 Å². The molecule has 0 saturated carbocycles. The van der Waals surface area contributed by atoms with Crippen LogP contribution < -0.4 is 10.6 Å². The van der Waals surface area contributed by atoms with E-state index in [1.165, 1.54) is 13.2 Å². The predicted octanol–water partition coefficient (Wildman–Crippen LogP) is 5.75. The zero-order chi connectivity index (χ0) is 26.5. The third-order valence-corrected chi connectivity index (χ3v) is 8.75. The molecule has 3 aliphatic rings. The molecule has 0 unspecified atom stereocenters. The van der Waals surface area contributed by atoms with Gasteiger partial charge in [0.15, 0.2) is 0 Å². The largest absolute Gasteiger partial charge is 0.465 e. The van der Waals surface area contributed by atoms with Crippen molar-refractivity contribution in [3.05, 3.63) is 98.2 Å². The van der Waals surface area contributed by atoms with Gasteiger partial charge in [-0.05, 0) is 42.3 Å². The Bertz CT molecular complexity index is 1720. The molecule has 2 aromatic heterocycles. The molecule has 7 rings (SSSR count). The van der Waals surface area contributed by atoms with Gasteiger partial charge in [-0.25, -0.2) is 14.2 Å². The number of anilines is 1. The van der Waals surface area contributed by atoms with E-state index in [1.807, 2.05) is 23.6 Å². The van der Waals surface area contributed by atoms with Crippen molar-refractivity contribution < 1.29 is 18.7 Å². The second kappa shape index (κ2) is 8.78. The first-order chi connectivity index (χ1) is 18.2. The molecule has 10 heteroatoms. The van der Waals surface area contributed by atoms with E-state index < -0.39 is 23.2 Å². The number of aryl methyl sites for hydroxylation is 1. The predicted molar refractivity (Wildman–Crippen MR) is 147 cm³/mol. The Labute approximate surface area is 234 Å². The minimum Gasteiger partial charge on any atom is -0.465 e. The van der Waals surface area contributed by atoms with Crippen molar-refractivity contribution >= 4 is 46.4 Å². The lowest BCUT2D eigenvalue weighted by atomic mass is 9.71. The number of hydrogen-bond acceptors (Lipinski definition) is 5. The van der Waals surface area contributed by atoms with Crippen molar-refractivity contribution in [1.29, 1.82) is 0 Å². The number of rotatable bonds is 2. The molecule has 1 fully saturated rings. The van der Waals surface area contributed by atoms with Crippen LogP contribution in [0.25, 0.3) is 5.65 Å². The van der Waals surface area contributed by atoms with Crippen molar-refractivity contribution in [2.24, 2.45) is 0 Å². The fourth-order valence-corrected chi connectivity index (χ4v) is 7.06. The molecule has 2 N–H and O–H groups in total. The van der Waals surface area contributed by atoms with E-state index in [0.717, 1.165) is 17.0 Å². The monoisotopic (exact) mass is 566 g/mol. The van der Waals surface area contributed by atoms with Gasteiger partial charge in [0.05, 0.1) is 23.4 Å². The molecule has 4 aromatic rings. The first-order valence-corrected chi connectivity index (χ1v) is 12.9. The summed E-state index contributed by atoms with van der Waals surface area (Å²) in [5, 5.41) is 7.05. The standard InChI is InChI=1S/C28H21Cl2FN4O3.CH4/c1-12-11-35-20-10-19-22(25(20)33-21(35)9-15(12)26(36)38-2)23(14-4-3-5-17(30)24(14)31)28(34-19)16-7-6-13(29)8-18(16)32-27(28)37;/h3-9,11,19,22-23,34H,10H2,1-2H3,(H,32,37);1H4/t19-,22+,23-,28+;/m0./s1. The Balaban J connectivity index is 0.00000277. The molecule has 1 amide bonds. The molecule has 200 valence electrons. The number of aromatic nitrogens is 2. The summed E-state index contributed by atoms with van der Waals surface area (Å²) >= 11 is 12.5. The van der Waals surface area contributed by atoms with E-state index in [4.69, 9.17) is 32.9 Å². The van der Waals surface area contributed by atoms with E-state index >= 15 is 4.39 Å². The van der Waals surface area contributed by atoms with Crippen molar-refractivity contribution in [1.82, 2.24) is 14.7 Å². The Kier molecular flexibility index (Phi) is 5.81. The first-order valence-electron chi connectivity index (χ1n) is 12.2. The van der Waals surface area contributed by atoms with Gasteiger partial charge in [-0.3, -0.25) is 10.1 Å². The molecule has 1 spiro atoms. The molecule has 2 aromatic carbocycles. The molecular weight excluding hydrogens is 542 g/mol. The van der Waals surface area contributed by atoms with Crippen LogP contribution in [0.5, 0.6) is 0 Å². The van der Waals surface area contributed by atoms with Crippen LogP contribution in [-0.2, 0) is 21.5 Å². The number of methoxy groups -OCH3 is 1. The number of ether oxygens (including phenoxy) is 1. The van der Waals surface area contributed by atoms with E-state index in [-0.39, 0.29) is 30.3 Å². The van der Waals surface area contributed by atoms with Crippen molar-refractivity contribution in [2.75, 3.05) is 12.4 Å². The molecule has 4 atom stereocenters. The average molecular weight is 567 g/mol. The normalized spacial score (nSPS) is 24.3. The molecule has 4 heterocycles. The van der Waals surface area contributed by atoms with Crippen molar-refractivity contribution in [3.8, 4) is 0 Å². The highest BCUT2D eigenvalue weighted by atomic mass is 35.5. The SMILES string of the molecule is C.COC(=O)c1cc2nc3c(n2cc1C)C[C@@H]1N[C@@]2(C(=O)Nc4cc(Cl)ccc42)[C@@H](c2cccc(Cl)c2F)[C@H]31. The van der Waals surface area contributed by atoms with Crippen LogP contribution in [0.2, 0.25) is 10.0 Å². The summed E-state index contributed by atoms with van der Waals surface area (Å²) in [5.74, 6) is -2.27. The molecule has 0 radical (unpaired) electrons.